The summed E-state index contributed by atoms with van der Waals surface area (Å²) in [6, 6.07) is 6.64. The third-order valence-electron chi connectivity index (χ3n) is 2.82. The molecule has 0 aliphatic heterocycles. The van der Waals surface area contributed by atoms with Crippen molar-refractivity contribution in [1.29, 1.82) is 0 Å². The van der Waals surface area contributed by atoms with E-state index in [4.69, 9.17) is 21.1 Å². The molecule has 0 unspecified atom stereocenters. The number of halogens is 1. The smallest absolute Gasteiger partial charge is 0.259 e. The van der Waals surface area contributed by atoms with Crippen molar-refractivity contribution >= 4 is 23.2 Å². The third kappa shape index (κ3) is 3.66. The van der Waals surface area contributed by atoms with E-state index in [0.29, 0.717) is 33.4 Å². The first-order chi connectivity index (χ1) is 10.0. The molecule has 0 bridgehead atoms. The number of benzene rings is 1. The number of anilines is 1. The minimum Gasteiger partial charge on any atom is -0.466 e. The van der Waals surface area contributed by atoms with Gasteiger partial charge in [-0.3, -0.25) is 4.79 Å². The Kier molecular flexibility index (Phi) is 4.69. The van der Waals surface area contributed by atoms with Crippen molar-refractivity contribution in [3.8, 4) is 11.8 Å². The van der Waals surface area contributed by atoms with Crippen molar-refractivity contribution in [2.45, 2.75) is 13.8 Å². The molecule has 0 aliphatic carbocycles. The number of rotatable bonds is 2. The number of furan rings is 1. The van der Waals surface area contributed by atoms with Crippen LogP contribution in [0.15, 0.2) is 28.7 Å². The van der Waals surface area contributed by atoms with Crippen molar-refractivity contribution in [2.24, 2.45) is 0 Å². The number of hydrogen-bond donors (Lipinski definition) is 2. The SMILES string of the molecule is Cc1cc(C(=O)Nc2ccc(Cl)cc2C#CCO)c(C)o1. The quantitative estimate of drug-likeness (QED) is 0.838. The second-order valence-electron chi connectivity index (χ2n) is 4.43. The maximum atomic E-state index is 12.3. The molecule has 0 fully saturated rings. The lowest BCUT2D eigenvalue weighted by molar-refractivity contribution is 0.102. The molecule has 1 aromatic heterocycles. The molecule has 0 spiro atoms. The molecule has 1 amide bonds. The van der Waals surface area contributed by atoms with Crippen molar-refractivity contribution in [3.05, 3.63) is 51.9 Å². The first-order valence-electron chi connectivity index (χ1n) is 6.29. The van der Waals surface area contributed by atoms with E-state index < -0.39 is 0 Å². The highest BCUT2D eigenvalue weighted by Crippen LogP contribution is 2.22. The summed E-state index contributed by atoms with van der Waals surface area (Å²) in [5.74, 6) is 6.25. The van der Waals surface area contributed by atoms with E-state index in [-0.39, 0.29) is 12.5 Å². The molecule has 21 heavy (non-hydrogen) atoms. The zero-order valence-corrected chi connectivity index (χ0v) is 12.4. The van der Waals surface area contributed by atoms with E-state index in [0.717, 1.165) is 0 Å². The maximum absolute atomic E-state index is 12.3. The lowest BCUT2D eigenvalue weighted by Crippen LogP contribution is -2.13. The number of aliphatic hydroxyl groups is 1. The molecule has 0 atom stereocenters. The summed E-state index contributed by atoms with van der Waals surface area (Å²) in [5, 5.41) is 12.1. The Morgan fingerprint density at radius 1 is 1.38 bits per heavy atom. The van der Waals surface area contributed by atoms with Gasteiger partial charge in [0.2, 0.25) is 0 Å². The summed E-state index contributed by atoms with van der Waals surface area (Å²) in [4.78, 5) is 12.3. The fourth-order valence-corrected chi connectivity index (χ4v) is 2.08. The van der Waals surface area contributed by atoms with Crippen LogP contribution >= 0.6 is 11.6 Å². The number of nitrogens with one attached hydrogen (secondary N) is 1. The van der Waals surface area contributed by atoms with Gasteiger partial charge in [-0.05, 0) is 38.1 Å². The molecule has 5 heteroatoms. The lowest BCUT2D eigenvalue weighted by atomic mass is 10.1. The third-order valence-corrected chi connectivity index (χ3v) is 3.05. The molecule has 108 valence electrons. The van der Waals surface area contributed by atoms with E-state index >= 15 is 0 Å². The van der Waals surface area contributed by atoms with Gasteiger partial charge < -0.3 is 14.8 Å². The second-order valence-corrected chi connectivity index (χ2v) is 4.87. The van der Waals surface area contributed by atoms with Gasteiger partial charge in [-0.2, -0.15) is 0 Å². The molecule has 0 radical (unpaired) electrons. The van der Waals surface area contributed by atoms with Crippen molar-refractivity contribution < 1.29 is 14.3 Å². The van der Waals surface area contributed by atoms with Gasteiger partial charge in [0.15, 0.2) is 0 Å². The van der Waals surface area contributed by atoms with Crippen LogP contribution in [0.25, 0.3) is 0 Å². The summed E-state index contributed by atoms with van der Waals surface area (Å²) < 4.78 is 5.34. The van der Waals surface area contributed by atoms with Crippen LogP contribution in [0.1, 0.15) is 27.4 Å². The van der Waals surface area contributed by atoms with Crippen LogP contribution in [0.4, 0.5) is 5.69 Å². The highest BCUT2D eigenvalue weighted by Gasteiger charge is 2.14. The molecule has 2 N–H and O–H groups in total. The van der Waals surface area contributed by atoms with Gasteiger partial charge in [-0.25, -0.2) is 0 Å². The van der Waals surface area contributed by atoms with Crippen molar-refractivity contribution in [1.82, 2.24) is 0 Å². The van der Waals surface area contributed by atoms with Gasteiger partial charge in [-0.15, -0.1) is 0 Å². The molecule has 1 aromatic carbocycles. The summed E-state index contributed by atoms with van der Waals surface area (Å²) in [6.07, 6.45) is 0. The molecular formula is C16H14ClNO3. The lowest BCUT2D eigenvalue weighted by Gasteiger charge is -2.07. The van der Waals surface area contributed by atoms with Crippen molar-refractivity contribution in [3.63, 3.8) is 0 Å². The topological polar surface area (TPSA) is 62.5 Å². The monoisotopic (exact) mass is 303 g/mol. The second kappa shape index (κ2) is 6.49. The van der Waals surface area contributed by atoms with Crippen molar-refractivity contribution in [2.75, 3.05) is 11.9 Å². The van der Waals surface area contributed by atoms with Gasteiger partial charge in [0.25, 0.3) is 5.91 Å². The Labute approximate surface area is 127 Å². The molecule has 2 rings (SSSR count). The first-order valence-corrected chi connectivity index (χ1v) is 6.66. The highest BCUT2D eigenvalue weighted by molar-refractivity contribution is 6.30. The maximum Gasteiger partial charge on any atom is 0.259 e. The number of carbonyl (C=O) groups is 1. The van der Waals surface area contributed by atoms with Crippen LogP contribution in [0.3, 0.4) is 0 Å². The standard InChI is InChI=1S/C16H14ClNO3/c1-10-8-14(11(2)21-10)16(20)18-15-6-5-13(17)9-12(15)4-3-7-19/h5-6,8-9,19H,7H2,1-2H3,(H,18,20). The predicted molar refractivity (Wildman–Crippen MR) is 81.6 cm³/mol. The molecule has 0 aliphatic rings. The summed E-state index contributed by atoms with van der Waals surface area (Å²) in [7, 11) is 0. The summed E-state index contributed by atoms with van der Waals surface area (Å²) in [6.45, 7) is 3.25. The Morgan fingerprint density at radius 3 is 2.76 bits per heavy atom. The first kappa shape index (κ1) is 15.2. The predicted octanol–water partition coefficient (Wildman–Crippen LogP) is 3.15. The molecular weight excluding hydrogens is 290 g/mol. The zero-order chi connectivity index (χ0) is 15.4. The Hall–Kier alpha value is -2.22. The minimum absolute atomic E-state index is 0.264. The average molecular weight is 304 g/mol. The van der Waals surface area contributed by atoms with E-state index in [1.54, 1.807) is 38.1 Å². The Bertz CT molecular complexity index is 738. The van der Waals surface area contributed by atoms with Crippen LogP contribution in [-0.4, -0.2) is 17.6 Å². The Morgan fingerprint density at radius 2 is 2.14 bits per heavy atom. The number of aryl methyl sites for hydroxylation is 2. The van der Waals surface area contributed by atoms with E-state index in [2.05, 4.69) is 17.2 Å². The van der Waals surface area contributed by atoms with E-state index in [1.807, 2.05) is 0 Å². The zero-order valence-electron chi connectivity index (χ0n) is 11.7. The molecule has 4 nitrogen and oxygen atoms in total. The van der Waals surface area contributed by atoms with Gasteiger partial charge >= 0.3 is 0 Å². The Balaban J connectivity index is 2.31. The fraction of sp³-hybridized carbons (Fsp3) is 0.188. The largest absolute Gasteiger partial charge is 0.466 e. The molecule has 2 aromatic rings. The number of aliphatic hydroxyl groups excluding tert-OH is 1. The number of hydrogen-bond acceptors (Lipinski definition) is 3. The van der Waals surface area contributed by atoms with Crippen LogP contribution in [-0.2, 0) is 0 Å². The fourth-order valence-electron chi connectivity index (χ4n) is 1.91. The van der Waals surface area contributed by atoms with Crippen LogP contribution in [0.5, 0.6) is 0 Å². The van der Waals surface area contributed by atoms with Crippen LogP contribution in [0.2, 0.25) is 5.02 Å². The number of carbonyl (C=O) groups excluding carboxylic acids is 1. The van der Waals surface area contributed by atoms with Gasteiger partial charge in [0, 0.05) is 10.6 Å². The van der Waals surface area contributed by atoms with Gasteiger partial charge in [0.1, 0.15) is 18.1 Å². The average Bonchev–Trinajstić information content (AvgIpc) is 2.78. The van der Waals surface area contributed by atoms with Gasteiger partial charge in [0.05, 0.1) is 11.3 Å². The van der Waals surface area contributed by atoms with Crippen LogP contribution < -0.4 is 5.32 Å². The van der Waals surface area contributed by atoms with Crippen LogP contribution in [0, 0.1) is 25.7 Å². The highest BCUT2D eigenvalue weighted by atomic mass is 35.5. The number of amides is 1. The normalized spacial score (nSPS) is 9.90. The van der Waals surface area contributed by atoms with Gasteiger partial charge in [-0.1, -0.05) is 23.4 Å². The summed E-state index contributed by atoms with van der Waals surface area (Å²) >= 11 is 5.92. The molecule has 0 saturated carbocycles. The minimum atomic E-state index is -0.279. The molecule has 1 heterocycles. The van der Waals surface area contributed by atoms with E-state index in [1.165, 1.54) is 0 Å². The summed E-state index contributed by atoms with van der Waals surface area (Å²) in [5.41, 5.74) is 1.55. The molecule has 0 saturated heterocycles. The van der Waals surface area contributed by atoms with E-state index in [9.17, 15) is 4.79 Å².